The molecule has 2 bridgehead atoms. The molecule has 0 unspecified atom stereocenters. The minimum atomic E-state index is -2.15. The summed E-state index contributed by atoms with van der Waals surface area (Å²) >= 11 is 0. The zero-order valence-electron chi connectivity index (χ0n) is 24.7. The molecule has 41 heavy (non-hydrogen) atoms. The second-order valence-corrected chi connectivity index (χ2v) is 13.6. The van der Waals surface area contributed by atoms with Crippen molar-refractivity contribution in [3.8, 4) is 0 Å². The van der Waals surface area contributed by atoms with E-state index in [1.54, 1.807) is 46.9 Å². The van der Waals surface area contributed by atoms with Crippen LogP contribution in [0.5, 0.6) is 0 Å². The Morgan fingerprint density at radius 2 is 1.80 bits per heavy atom. The van der Waals surface area contributed by atoms with Crippen LogP contribution in [0.2, 0.25) is 0 Å². The number of Topliss-reactive ketones (excluding diaryl/α,β-unsaturated/α-hetero) is 1. The molecule has 0 amide bonds. The molecule has 0 radical (unpaired) electrons. The molecule has 1 aromatic heterocycles. The lowest BCUT2D eigenvalue weighted by atomic mass is 9.39. The summed E-state index contributed by atoms with van der Waals surface area (Å²) in [5.41, 5.74) is -3.28. The number of hydrogen-bond donors (Lipinski definition) is 2. The van der Waals surface area contributed by atoms with Gasteiger partial charge in [-0.1, -0.05) is 47.1 Å². The fourth-order valence-electron chi connectivity index (χ4n) is 8.76. The van der Waals surface area contributed by atoms with Crippen molar-refractivity contribution in [1.29, 1.82) is 0 Å². The molecule has 1 aliphatic heterocycles. The van der Waals surface area contributed by atoms with Gasteiger partial charge in [0.1, 0.15) is 12.2 Å². The van der Waals surface area contributed by atoms with Crippen LogP contribution >= 0.6 is 0 Å². The van der Waals surface area contributed by atoms with Crippen LogP contribution < -0.4 is 0 Å². The Morgan fingerprint density at radius 1 is 1.12 bits per heavy atom. The van der Waals surface area contributed by atoms with Crippen LogP contribution in [-0.2, 0) is 33.4 Å². The normalized spacial score (nSPS) is 38.5. The van der Waals surface area contributed by atoms with Crippen molar-refractivity contribution in [3.05, 3.63) is 35.3 Å². The first-order chi connectivity index (χ1) is 19.0. The number of aliphatic hydroxyl groups is 2. The lowest BCUT2D eigenvalue weighted by Crippen LogP contribution is -2.76. The monoisotopic (exact) mass is 572 g/mol. The number of methoxy groups -OCH3 is 1. The van der Waals surface area contributed by atoms with Crippen LogP contribution in [0, 0.1) is 34.0 Å². The number of ketones is 1. The van der Waals surface area contributed by atoms with Crippen molar-refractivity contribution in [2.75, 3.05) is 7.11 Å². The highest BCUT2D eigenvalue weighted by Gasteiger charge is 2.75. The highest BCUT2D eigenvalue weighted by Crippen LogP contribution is 2.69. The summed E-state index contributed by atoms with van der Waals surface area (Å²) in [6.45, 7) is 10.4. The zero-order chi connectivity index (χ0) is 30.3. The number of esters is 3. The van der Waals surface area contributed by atoms with Gasteiger partial charge in [0.15, 0.2) is 17.5 Å². The second kappa shape index (κ2) is 9.52. The zero-order valence-corrected chi connectivity index (χ0v) is 24.7. The molecule has 10 nitrogen and oxygen atoms in total. The van der Waals surface area contributed by atoms with Crippen LogP contribution in [-0.4, -0.2) is 58.8 Å². The number of ether oxygens (including phenoxy) is 3. The lowest BCUT2D eigenvalue weighted by Gasteiger charge is -2.66. The van der Waals surface area contributed by atoms with Crippen molar-refractivity contribution < 1.29 is 48.0 Å². The molecule has 2 saturated carbocycles. The number of carbonyl (C=O) groups is 4. The van der Waals surface area contributed by atoms with Gasteiger partial charge in [0, 0.05) is 34.1 Å². The predicted molar refractivity (Wildman–Crippen MR) is 143 cm³/mol. The molecule has 2 N–H and O–H groups in total. The molecule has 1 saturated heterocycles. The Bertz CT molecular complexity index is 1310. The summed E-state index contributed by atoms with van der Waals surface area (Å²) in [6, 6.07) is 1.75. The highest BCUT2D eigenvalue weighted by atomic mass is 16.6. The van der Waals surface area contributed by atoms with E-state index in [0.717, 1.165) is 18.3 Å². The number of carbonyl (C=O) groups excluding carboxylic acids is 4. The quantitative estimate of drug-likeness (QED) is 0.305. The lowest BCUT2D eigenvalue weighted by molar-refractivity contribution is -0.247. The molecular formula is C31H40O10. The first-order valence-corrected chi connectivity index (χ1v) is 14.2. The molecule has 5 rings (SSSR count). The van der Waals surface area contributed by atoms with Crippen molar-refractivity contribution in [2.24, 2.45) is 34.0 Å². The molecule has 3 fully saturated rings. The summed E-state index contributed by atoms with van der Waals surface area (Å²) in [5.74, 6) is -4.68. The third-order valence-corrected chi connectivity index (χ3v) is 10.5. The van der Waals surface area contributed by atoms with Crippen molar-refractivity contribution in [1.82, 2.24) is 0 Å². The Kier molecular flexibility index (Phi) is 6.85. The van der Waals surface area contributed by atoms with Crippen molar-refractivity contribution in [3.63, 3.8) is 0 Å². The maximum Gasteiger partial charge on any atom is 0.335 e. The van der Waals surface area contributed by atoms with E-state index < -0.39 is 81.6 Å². The second-order valence-electron chi connectivity index (χ2n) is 13.6. The fraction of sp³-hybridized carbons (Fsp3) is 0.677. The summed E-state index contributed by atoms with van der Waals surface area (Å²) < 4.78 is 22.0. The maximum absolute atomic E-state index is 14.5. The Morgan fingerprint density at radius 3 is 2.39 bits per heavy atom. The van der Waals surface area contributed by atoms with E-state index in [9.17, 15) is 29.4 Å². The number of fused-ring (bicyclic) bond motifs is 5. The van der Waals surface area contributed by atoms with Crippen LogP contribution in [0.4, 0.5) is 0 Å². The van der Waals surface area contributed by atoms with E-state index in [1.165, 1.54) is 6.26 Å². The summed E-state index contributed by atoms with van der Waals surface area (Å²) in [5, 5.41) is 23.8. The van der Waals surface area contributed by atoms with E-state index in [-0.39, 0.29) is 12.8 Å². The molecular weight excluding hydrogens is 532 g/mol. The molecule has 1 aromatic rings. The highest BCUT2D eigenvalue weighted by molar-refractivity contribution is 5.98. The average molecular weight is 573 g/mol. The van der Waals surface area contributed by atoms with Crippen molar-refractivity contribution in [2.45, 2.75) is 91.1 Å². The molecule has 0 spiro atoms. The van der Waals surface area contributed by atoms with Crippen LogP contribution in [0.3, 0.4) is 0 Å². The minimum Gasteiger partial charge on any atom is -0.472 e. The number of hydrogen-bond acceptors (Lipinski definition) is 10. The largest absolute Gasteiger partial charge is 0.472 e. The van der Waals surface area contributed by atoms with Gasteiger partial charge >= 0.3 is 17.9 Å². The first-order valence-electron chi connectivity index (χ1n) is 14.2. The SMILES string of the molecule is COC(=O)[C@H](O)[C@H]1C(C)(C)[C@H](OC(=O)C(C)C)[C@]2(O)CC3=C4CC(=O)O[C@@H](c5ccoc5)[C@]4(C)CC[C@@H]3[C@@]1(C)C2=O. The van der Waals surface area contributed by atoms with E-state index in [0.29, 0.717) is 18.4 Å². The van der Waals surface area contributed by atoms with Gasteiger partial charge in [-0.25, -0.2) is 4.79 Å². The fourth-order valence-corrected chi connectivity index (χ4v) is 8.76. The van der Waals surface area contributed by atoms with Gasteiger partial charge in [-0.3, -0.25) is 14.4 Å². The third kappa shape index (κ3) is 3.96. The number of rotatable bonds is 5. The first kappa shape index (κ1) is 29.5. The van der Waals surface area contributed by atoms with E-state index in [1.807, 2.05) is 6.92 Å². The summed E-state index contributed by atoms with van der Waals surface area (Å²) in [4.78, 5) is 53.3. The van der Waals surface area contributed by atoms with Gasteiger partial charge in [0.05, 0.1) is 32.0 Å². The Labute approximate surface area is 239 Å². The topological polar surface area (TPSA) is 150 Å². The standard InChI is InChI=1S/C31H40O10/c1-15(2)24(34)41-27-28(3,4)22(21(33)25(35)38-7)30(6)18-8-10-29(5)19(17(18)13-31(27,37)26(30)36)12-20(32)40-23(29)16-9-11-39-14-16/h9,11,14-15,18,21-23,27,33,37H,8,10,12-13H2,1-7H3/t18-,21+,22-,23-,27-,29+,30+,31-/m0/s1. The molecule has 0 aromatic carbocycles. The number of cyclic esters (lactones) is 1. The van der Waals surface area contributed by atoms with E-state index in [4.69, 9.17) is 18.6 Å². The van der Waals surface area contributed by atoms with Gasteiger partial charge < -0.3 is 28.8 Å². The number of furan rings is 1. The van der Waals surface area contributed by atoms with Crippen LogP contribution in [0.1, 0.15) is 78.9 Å². The van der Waals surface area contributed by atoms with Gasteiger partial charge in [-0.2, -0.15) is 0 Å². The summed E-state index contributed by atoms with van der Waals surface area (Å²) in [7, 11) is 1.15. The Hall–Kier alpha value is -2.98. The molecule has 4 aliphatic rings. The minimum absolute atomic E-state index is 0.0267. The van der Waals surface area contributed by atoms with E-state index >= 15 is 0 Å². The molecule has 2 heterocycles. The average Bonchev–Trinajstić information content (AvgIpc) is 3.44. The maximum atomic E-state index is 14.5. The predicted octanol–water partition coefficient (Wildman–Crippen LogP) is 3.45. The molecule has 224 valence electrons. The smallest absolute Gasteiger partial charge is 0.335 e. The number of aliphatic hydroxyl groups excluding tert-OH is 1. The molecule has 8 atom stereocenters. The third-order valence-electron chi connectivity index (χ3n) is 10.5. The van der Waals surface area contributed by atoms with Crippen molar-refractivity contribution >= 4 is 23.7 Å². The van der Waals surface area contributed by atoms with Gasteiger partial charge in [0.25, 0.3) is 0 Å². The van der Waals surface area contributed by atoms with Gasteiger partial charge in [0.2, 0.25) is 0 Å². The van der Waals surface area contributed by atoms with Gasteiger partial charge in [-0.05, 0) is 30.4 Å². The van der Waals surface area contributed by atoms with E-state index in [2.05, 4.69) is 0 Å². The molecule has 3 aliphatic carbocycles. The van der Waals surface area contributed by atoms with Crippen LogP contribution in [0.25, 0.3) is 0 Å². The summed E-state index contributed by atoms with van der Waals surface area (Å²) in [6.07, 6.45) is 0.187. The van der Waals surface area contributed by atoms with Crippen LogP contribution in [0.15, 0.2) is 34.2 Å². The Balaban J connectivity index is 1.75. The van der Waals surface area contributed by atoms with Gasteiger partial charge in [-0.15, -0.1) is 0 Å². The molecule has 10 heteroatoms.